The fourth-order valence-electron chi connectivity index (χ4n) is 5.60. The number of ether oxygens (including phenoxy) is 1. The highest BCUT2D eigenvalue weighted by atomic mass is 35.5. The first-order chi connectivity index (χ1) is 20.5. The number of aryl methyl sites for hydroxylation is 1. The van der Waals surface area contributed by atoms with Crippen molar-refractivity contribution < 1.29 is 4.74 Å². The quantitative estimate of drug-likeness (QED) is 0.166. The molecule has 4 aromatic carbocycles. The van der Waals surface area contributed by atoms with Crippen molar-refractivity contribution in [2.45, 2.75) is 18.7 Å². The summed E-state index contributed by atoms with van der Waals surface area (Å²) in [5.41, 5.74) is 2.63. The SMILES string of the molecule is Cn1c(=O)n(CCOCc2ccc(Cl)cc2)c(=O)c2c1ncn2C(c1ccccc1)(c1ccccc1)c1ccccc1. The summed E-state index contributed by atoms with van der Waals surface area (Å²) in [5, 5.41) is 0.649. The lowest BCUT2D eigenvalue weighted by Gasteiger charge is -2.37. The van der Waals surface area contributed by atoms with Gasteiger partial charge in [-0.25, -0.2) is 9.78 Å². The molecule has 0 N–H and O–H groups in total. The zero-order valence-corrected chi connectivity index (χ0v) is 23.8. The van der Waals surface area contributed by atoms with Crippen LogP contribution in [0, 0.1) is 0 Å². The molecule has 0 aliphatic heterocycles. The molecular formula is C34H29ClN4O3. The average Bonchev–Trinajstić information content (AvgIpc) is 3.48. The maximum atomic E-state index is 14.2. The second kappa shape index (κ2) is 11.6. The highest BCUT2D eigenvalue weighted by Crippen LogP contribution is 2.41. The van der Waals surface area contributed by atoms with Gasteiger partial charge in [0.25, 0.3) is 5.56 Å². The van der Waals surface area contributed by atoms with Crippen molar-refractivity contribution in [3.63, 3.8) is 0 Å². The summed E-state index contributed by atoms with van der Waals surface area (Å²) in [6.07, 6.45) is 1.67. The molecule has 0 saturated carbocycles. The van der Waals surface area contributed by atoms with Crippen LogP contribution in [0.2, 0.25) is 5.02 Å². The van der Waals surface area contributed by atoms with Gasteiger partial charge < -0.3 is 9.30 Å². The van der Waals surface area contributed by atoms with Gasteiger partial charge in [-0.05, 0) is 34.4 Å². The maximum absolute atomic E-state index is 14.2. The number of imidazole rings is 1. The summed E-state index contributed by atoms with van der Waals surface area (Å²) in [5.74, 6) is 0. The Bertz CT molecular complexity index is 1830. The van der Waals surface area contributed by atoms with E-state index in [-0.39, 0.29) is 13.2 Å². The van der Waals surface area contributed by atoms with Crippen LogP contribution in [-0.4, -0.2) is 25.3 Å². The first-order valence-corrected chi connectivity index (χ1v) is 14.1. The molecule has 0 radical (unpaired) electrons. The predicted molar refractivity (Wildman–Crippen MR) is 165 cm³/mol. The van der Waals surface area contributed by atoms with E-state index in [1.54, 1.807) is 25.5 Å². The normalized spacial score (nSPS) is 11.7. The van der Waals surface area contributed by atoms with E-state index in [1.165, 1.54) is 9.13 Å². The predicted octanol–water partition coefficient (Wildman–Crippen LogP) is 5.61. The van der Waals surface area contributed by atoms with Crippen molar-refractivity contribution in [1.82, 2.24) is 18.7 Å². The molecule has 0 aliphatic rings. The smallest absolute Gasteiger partial charge is 0.332 e. The van der Waals surface area contributed by atoms with Crippen LogP contribution in [0.3, 0.4) is 0 Å². The summed E-state index contributed by atoms with van der Waals surface area (Å²) in [6.45, 7) is 0.611. The van der Waals surface area contributed by atoms with Crippen LogP contribution in [0.5, 0.6) is 0 Å². The van der Waals surface area contributed by atoms with Gasteiger partial charge in [0.2, 0.25) is 0 Å². The Balaban J connectivity index is 1.53. The molecule has 0 saturated heterocycles. The lowest BCUT2D eigenvalue weighted by Crippen LogP contribution is -2.43. The molecule has 2 aromatic heterocycles. The van der Waals surface area contributed by atoms with Gasteiger partial charge in [0.15, 0.2) is 11.2 Å². The van der Waals surface area contributed by atoms with E-state index in [2.05, 4.69) is 41.4 Å². The van der Waals surface area contributed by atoms with Gasteiger partial charge in [0.05, 0.1) is 26.1 Å². The molecule has 0 amide bonds. The van der Waals surface area contributed by atoms with E-state index in [1.807, 2.05) is 71.3 Å². The summed E-state index contributed by atoms with van der Waals surface area (Å²) in [4.78, 5) is 32.3. The first-order valence-electron chi connectivity index (χ1n) is 13.7. The van der Waals surface area contributed by atoms with E-state index in [0.29, 0.717) is 22.8 Å². The monoisotopic (exact) mass is 576 g/mol. The van der Waals surface area contributed by atoms with E-state index < -0.39 is 16.8 Å². The van der Waals surface area contributed by atoms with E-state index in [0.717, 1.165) is 22.3 Å². The Hall–Kier alpha value is -4.72. The number of nitrogens with zero attached hydrogens (tertiary/aromatic N) is 4. The molecule has 0 atom stereocenters. The van der Waals surface area contributed by atoms with Crippen LogP contribution < -0.4 is 11.2 Å². The molecule has 0 bridgehead atoms. The number of hydrogen-bond acceptors (Lipinski definition) is 4. The molecule has 210 valence electrons. The van der Waals surface area contributed by atoms with Crippen LogP contribution in [0.25, 0.3) is 11.2 Å². The summed E-state index contributed by atoms with van der Waals surface area (Å²) < 4.78 is 10.4. The molecule has 8 heteroatoms. The molecule has 6 rings (SSSR count). The van der Waals surface area contributed by atoms with Crippen LogP contribution in [-0.2, 0) is 30.5 Å². The molecule has 0 unspecified atom stereocenters. The van der Waals surface area contributed by atoms with Crippen molar-refractivity contribution >= 4 is 22.8 Å². The molecule has 7 nitrogen and oxygen atoms in total. The van der Waals surface area contributed by atoms with E-state index in [4.69, 9.17) is 16.3 Å². The third kappa shape index (κ3) is 4.76. The van der Waals surface area contributed by atoms with Crippen LogP contribution in [0.15, 0.2) is 131 Å². The van der Waals surface area contributed by atoms with Crippen molar-refractivity contribution in [3.05, 3.63) is 170 Å². The Morgan fingerprint density at radius 1 is 0.762 bits per heavy atom. The van der Waals surface area contributed by atoms with Crippen molar-refractivity contribution in [1.29, 1.82) is 0 Å². The molecule has 0 fully saturated rings. The Labute approximate surface area is 247 Å². The minimum atomic E-state index is -0.946. The first kappa shape index (κ1) is 27.4. The van der Waals surface area contributed by atoms with Crippen molar-refractivity contribution in [3.8, 4) is 0 Å². The highest BCUT2D eigenvalue weighted by Gasteiger charge is 2.40. The summed E-state index contributed by atoms with van der Waals surface area (Å²) in [6, 6.07) is 37.5. The molecule has 0 aliphatic carbocycles. The van der Waals surface area contributed by atoms with Gasteiger partial charge in [-0.1, -0.05) is 115 Å². The van der Waals surface area contributed by atoms with Gasteiger partial charge in [-0.2, -0.15) is 0 Å². The Kier molecular flexibility index (Phi) is 7.61. The lowest BCUT2D eigenvalue weighted by molar-refractivity contribution is 0.111. The molecule has 42 heavy (non-hydrogen) atoms. The molecular weight excluding hydrogens is 548 g/mol. The fraction of sp³-hybridized carbons (Fsp3) is 0.147. The second-order valence-electron chi connectivity index (χ2n) is 10.1. The average molecular weight is 577 g/mol. The third-order valence-corrected chi connectivity index (χ3v) is 7.86. The Morgan fingerprint density at radius 3 is 1.81 bits per heavy atom. The number of rotatable bonds is 9. The van der Waals surface area contributed by atoms with Gasteiger partial charge >= 0.3 is 5.69 Å². The topological polar surface area (TPSA) is 71.1 Å². The summed E-state index contributed by atoms with van der Waals surface area (Å²) >= 11 is 5.98. The summed E-state index contributed by atoms with van der Waals surface area (Å²) in [7, 11) is 1.64. The zero-order valence-electron chi connectivity index (χ0n) is 23.1. The number of fused-ring (bicyclic) bond motifs is 1. The van der Waals surface area contributed by atoms with Crippen LogP contribution >= 0.6 is 11.6 Å². The van der Waals surface area contributed by atoms with Crippen LogP contribution in [0.1, 0.15) is 22.3 Å². The van der Waals surface area contributed by atoms with Crippen molar-refractivity contribution in [2.75, 3.05) is 6.61 Å². The Morgan fingerprint density at radius 2 is 1.29 bits per heavy atom. The van der Waals surface area contributed by atoms with Gasteiger partial charge in [0, 0.05) is 12.1 Å². The molecule has 0 spiro atoms. The minimum absolute atomic E-state index is 0.0925. The minimum Gasteiger partial charge on any atom is -0.375 e. The maximum Gasteiger partial charge on any atom is 0.332 e. The standard InChI is InChI=1S/C34H29ClN4O3/c1-37-31-30(32(40)38(33(37)41)21-22-42-23-25-17-19-29(35)20-18-25)39(24-36-31)34(26-11-5-2-6-12-26,27-13-7-3-8-14-27)28-15-9-4-10-16-28/h2-20,24H,21-23H2,1H3. The van der Waals surface area contributed by atoms with Gasteiger partial charge in [-0.3, -0.25) is 13.9 Å². The number of hydrogen-bond donors (Lipinski definition) is 0. The molecule has 6 aromatic rings. The second-order valence-corrected chi connectivity index (χ2v) is 10.5. The van der Waals surface area contributed by atoms with Crippen LogP contribution in [0.4, 0.5) is 0 Å². The van der Waals surface area contributed by atoms with Crippen molar-refractivity contribution in [2.24, 2.45) is 7.05 Å². The zero-order chi connectivity index (χ0) is 29.1. The largest absolute Gasteiger partial charge is 0.375 e. The lowest BCUT2D eigenvalue weighted by atomic mass is 9.76. The highest BCUT2D eigenvalue weighted by molar-refractivity contribution is 6.30. The fourth-order valence-corrected chi connectivity index (χ4v) is 5.73. The van der Waals surface area contributed by atoms with E-state index in [9.17, 15) is 9.59 Å². The van der Waals surface area contributed by atoms with Gasteiger partial charge in [0.1, 0.15) is 5.54 Å². The number of halogens is 1. The number of benzene rings is 4. The molecule has 2 heterocycles. The van der Waals surface area contributed by atoms with Gasteiger partial charge in [-0.15, -0.1) is 0 Å². The van der Waals surface area contributed by atoms with E-state index >= 15 is 0 Å². The third-order valence-electron chi connectivity index (χ3n) is 7.61. The number of aromatic nitrogens is 4.